The predicted octanol–water partition coefficient (Wildman–Crippen LogP) is 3.34. The van der Waals surface area contributed by atoms with Crippen LogP contribution in [0.2, 0.25) is 0 Å². The third-order valence-corrected chi connectivity index (χ3v) is 4.17. The Morgan fingerprint density at radius 3 is 2.45 bits per heavy atom. The van der Waals surface area contributed by atoms with E-state index in [9.17, 15) is 0 Å². The normalized spacial score (nSPS) is 12.8. The van der Waals surface area contributed by atoms with Crippen molar-refractivity contribution >= 4 is 21.6 Å². The highest BCUT2D eigenvalue weighted by Gasteiger charge is 2.14. The van der Waals surface area contributed by atoms with Crippen LogP contribution in [0, 0.1) is 0 Å². The van der Waals surface area contributed by atoms with Gasteiger partial charge in [-0.1, -0.05) is 28.9 Å². The number of hydrogen-bond acceptors (Lipinski definition) is 3. The molecule has 0 aliphatic carbocycles. The third kappa shape index (κ3) is 5.08. The van der Waals surface area contributed by atoms with E-state index in [2.05, 4.69) is 84.1 Å². The molecule has 0 aromatic heterocycles. The summed E-state index contributed by atoms with van der Waals surface area (Å²) in [6.45, 7) is 10.6. The van der Waals surface area contributed by atoms with Gasteiger partial charge in [-0.15, -0.1) is 0 Å². The van der Waals surface area contributed by atoms with Crippen LogP contribution in [0.1, 0.15) is 26.3 Å². The fourth-order valence-corrected chi connectivity index (χ4v) is 3.00. The van der Waals surface area contributed by atoms with Gasteiger partial charge in [-0.05, 0) is 52.2 Å². The number of benzene rings is 1. The summed E-state index contributed by atoms with van der Waals surface area (Å²) >= 11 is 3.70. The minimum atomic E-state index is 0.501. The van der Waals surface area contributed by atoms with Gasteiger partial charge in [0.05, 0.1) is 0 Å². The lowest BCUT2D eigenvalue weighted by molar-refractivity contribution is 0.373. The maximum atomic E-state index is 3.70. The van der Waals surface area contributed by atoms with Crippen molar-refractivity contribution in [3.05, 3.63) is 28.2 Å². The van der Waals surface area contributed by atoms with Crippen molar-refractivity contribution in [1.82, 2.24) is 10.2 Å². The molecule has 0 saturated carbocycles. The maximum absolute atomic E-state index is 3.70. The van der Waals surface area contributed by atoms with E-state index in [1.807, 2.05) is 0 Å². The summed E-state index contributed by atoms with van der Waals surface area (Å²) in [5.74, 6) is 0. The van der Waals surface area contributed by atoms with Gasteiger partial charge in [0.1, 0.15) is 0 Å². The first-order valence-corrected chi connectivity index (χ1v) is 8.19. The number of likely N-dealkylation sites (N-methyl/N-ethyl adjacent to an activating group) is 2. The van der Waals surface area contributed by atoms with Crippen molar-refractivity contribution in [3.63, 3.8) is 0 Å². The van der Waals surface area contributed by atoms with Gasteiger partial charge < -0.3 is 15.1 Å². The third-order valence-electron chi connectivity index (χ3n) is 3.44. The van der Waals surface area contributed by atoms with Crippen LogP contribution in [0.25, 0.3) is 0 Å². The molecule has 0 amide bonds. The molecular formula is C16H28BrN3. The van der Waals surface area contributed by atoms with Crippen LogP contribution < -0.4 is 10.2 Å². The van der Waals surface area contributed by atoms with E-state index in [0.29, 0.717) is 6.04 Å². The van der Waals surface area contributed by atoms with Gasteiger partial charge in [0, 0.05) is 35.8 Å². The molecule has 1 atom stereocenters. The molecule has 0 fully saturated rings. The Labute approximate surface area is 132 Å². The first-order valence-electron chi connectivity index (χ1n) is 7.40. The summed E-state index contributed by atoms with van der Waals surface area (Å²) in [5.41, 5.74) is 2.60. The average Bonchev–Trinajstić information content (AvgIpc) is 2.37. The van der Waals surface area contributed by atoms with Gasteiger partial charge in [0.2, 0.25) is 0 Å². The van der Waals surface area contributed by atoms with Crippen molar-refractivity contribution in [2.75, 3.05) is 38.6 Å². The molecule has 1 aromatic rings. The maximum Gasteiger partial charge on any atom is 0.0388 e. The standard InChI is InChI=1S/C16H28BrN3/c1-6-18-11-14-8-9-15(10-16(14)17)20(7-2)13(3)12-19(4)5/h8-10,13,18H,6-7,11-12H2,1-5H3. The van der Waals surface area contributed by atoms with Crippen molar-refractivity contribution in [2.24, 2.45) is 0 Å². The van der Waals surface area contributed by atoms with E-state index in [4.69, 9.17) is 0 Å². The minimum absolute atomic E-state index is 0.501. The van der Waals surface area contributed by atoms with Crippen molar-refractivity contribution in [3.8, 4) is 0 Å². The zero-order valence-electron chi connectivity index (χ0n) is 13.4. The molecule has 1 aromatic carbocycles. The van der Waals surface area contributed by atoms with Crippen molar-refractivity contribution in [1.29, 1.82) is 0 Å². The Hall–Kier alpha value is -0.580. The lowest BCUT2D eigenvalue weighted by Crippen LogP contribution is -2.40. The molecule has 1 rings (SSSR count). The molecular weight excluding hydrogens is 314 g/mol. The molecule has 0 aliphatic rings. The fraction of sp³-hybridized carbons (Fsp3) is 0.625. The molecule has 114 valence electrons. The SMILES string of the molecule is CCNCc1ccc(N(CC)C(C)CN(C)C)cc1Br. The second kappa shape index (κ2) is 8.65. The van der Waals surface area contributed by atoms with Crippen LogP contribution in [-0.4, -0.2) is 44.7 Å². The zero-order valence-corrected chi connectivity index (χ0v) is 15.0. The van der Waals surface area contributed by atoms with Crippen LogP contribution in [0.15, 0.2) is 22.7 Å². The zero-order chi connectivity index (χ0) is 15.1. The van der Waals surface area contributed by atoms with Crippen molar-refractivity contribution in [2.45, 2.75) is 33.4 Å². The minimum Gasteiger partial charge on any atom is -0.368 e. The number of rotatable bonds is 8. The molecule has 1 N–H and O–H groups in total. The number of hydrogen-bond donors (Lipinski definition) is 1. The molecule has 1 unspecified atom stereocenters. The monoisotopic (exact) mass is 341 g/mol. The van der Waals surface area contributed by atoms with E-state index >= 15 is 0 Å². The van der Waals surface area contributed by atoms with Crippen LogP contribution in [0.4, 0.5) is 5.69 Å². The number of halogens is 1. The molecule has 4 heteroatoms. The first-order chi connectivity index (χ1) is 9.49. The lowest BCUT2D eigenvalue weighted by Gasteiger charge is -2.32. The molecule has 0 spiro atoms. The van der Waals surface area contributed by atoms with E-state index < -0.39 is 0 Å². The molecule has 0 radical (unpaired) electrons. The van der Waals surface area contributed by atoms with Crippen LogP contribution in [0.5, 0.6) is 0 Å². The van der Waals surface area contributed by atoms with Gasteiger partial charge >= 0.3 is 0 Å². The fourth-order valence-electron chi connectivity index (χ4n) is 2.49. The summed E-state index contributed by atoms with van der Waals surface area (Å²) < 4.78 is 1.19. The number of nitrogens with zero attached hydrogens (tertiary/aromatic N) is 2. The second-order valence-electron chi connectivity index (χ2n) is 5.45. The van der Waals surface area contributed by atoms with E-state index in [1.54, 1.807) is 0 Å². The smallest absolute Gasteiger partial charge is 0.0388 e. The van der Waals surface area contributed by atoms with Crippen LogP contribution >= 0.6 is 15.9 Å². The molecule has 20 heavy (non-hydrogen) atoms. The summed E-state index contributed by atoms with van der Waals surface area (Å²) in [7, 11) is 4.25. The van der Waals surface area contributed by atoms with E-state index in [1.165, 1.54) is 15.7 Å². The highest BCUT2D eigenvalue weighted by molar-refractivity contribution is 9.10. The van der Waals surface area contributed by atoms with Gasteiger partial charge in [0.15, 0.2) is 0 Å². The second-order valence-corrected chi connectivity index (χ2v) is 6.31. The highest BCUT2D eigenvalue weighted by Crippen LogP contribution is 2.25. The molecule has 0 saturated heterocycles. The Morgan fingerprint density at radius 2 is 1.95 bits per heavy atom. The molecule has 0 heterocycles. The van der Waals surface area contributed by atoms with E-state index in [-0.39, 0.29) is 0 Å². The summed E-state index contributed by atoms with van der Waals surface area (Å²) in [6.07, 6.45) is 0. The molecule has 3 nitrogen and oxygen atoms in total. The average molecular weight is 342 g/mol. The first kappa shape index (κ1) is 17.5. The predicted molar refractivity (Wildman–Crippen MR) is 92.6 cm³/mol. The van der Waals surface area contributed by atoms with Gasteiger partial charge in [0.25, 0.3) is 0 Å². The number of nitrogens with one attached hydrogen (secondary N) is 1. The summed E-state index contributed by atoms with van der Waals surface area (Å²) in [4.78, 5) is 4.68. The summed E-state index contributed by atoms with van der Waals surface area (Å²) in [5, 5.41) is 3.37. The highest BCUT2D eigenvalue weighted by atomic mass is 79.9. The number of anilines is 1. The van der Waals surface area contributed by atoms with Crippen molar-refractivity contribution < 1.29 is 0 Å². The largest absolute Gasteiger partial charge is 0.368 e. The lowest BCUT2D eigenvalue weighted by atomic mass is 10.1. The molecule has 0 bridgehead atoms. The summed E-state index contributed by atoms with van der Waals surface area (Å²) in [6, 6.07) is 7.18. The van der Waals surface area contributed by atoms with Gasteiger partial charge in [-0.3, -0.25) is 0 Å². The van der Waals surface area contributed by atoms with Crippen LogP contribution in [0.3, 0.4) is 0 Å². The Kier molecular flexibility index (Phi) is 7.56. The van der Waals surface area contributed by atoms with E-state index in [0.717, 1.165) is 26.2 Å². The molecule has 0 aliphatic heterocycles. The Morgan fingerprint density at radius 1 is 1.25 bits per heavy atom. The topological polar surface area (TPSA) is 18.5 Å². The van der Waals surface area contributed by atoms with Gasteiger partial charge in [-0.25, -0.2) is 0 Å². The van der Waals surface area contributed by atoms with Crippen LogP contribution in [-0.2, 0) is 6.54 Å². The van der Waals surface area contributed by atoms with Gasteiger partial charge in [-0.2, -0.15) is 0 Å². The Balaban J connectivity index is 2.85. The Bertz CT molecular complexity index is 407. The quantitative estimate of drug-likeness (QED) is 0.782.